The molecular weight excluding hydrogens is 607 g/mol. The molecule has 1 atom stereocenters. The van der Waals surface area contributed by atoms with Crippen LogP contribution in [0, 0.1) is 0 Å². The standard InChI is InChI=1S/C27H30F3N7O6S/c1-17(2)19-5-3-18(4-6-19)14-31-26(41)22-15-35(24(38)16-36-23(13-25(39)40)32-33-34-36)11-12-37(22)44(42,43)21-9-7-20(8-10-21)27(28,29)30/h3-10,17,22H,11-16H2,1-2H3,(H,31,41)(H,39,40). The zero-order valence-electron chi connectivity index (χ0n) is 23.7. The third kappa shape index (κ3) is 7.57. The van der Waals surface area contributed by atoms with Crippen molar-refractivity contribution in [2.45, 2.75) is 56.4 Å². The van der Waals surface area contributed by atoms with E-state index in [2.05, 4.69) is 20.8 Å². The van der Waals surface area contributed by atoms with Crippen LogP contribution in [0.3, 0.4) is 0 Å². The molecule has 2 heterocycles. The number of halogens is 3. The van der Waals surface area contributed by atoms with Gasteiger partial charge in [0.15, 0.2) is 5.82 Å². The number of rotatable bonds is 10. The Hall–Kier alpha value is -4.38. The Labute approximate surface area is 250 Å². The molecule has 1 saturated heterocycles. The maximum absolute atomic E-state index is 13.6. The molecule has 2 amide bonds. The molecule has 1 aliphatic rings. The predicted molar refractivity (Wildman–Crippen MR) is 147 cm³/mol. The molecule has 1 fully saturated rings. The van der Waals surface area contributed by atoms with Crippen molar-refractivity contribution in [3.05, 3.63) is 71.0 Å². The fourth-order valence-electron chi connectivity index (χ4n) is 4.61. The van der Waals surface area contributed by atoms with E-state index in [0.717, 1.165) is 32.2 Å². The first kappa shape index (κ1) is 32.5. The molecule has 44 heavy (non-hydrogen) atoms. The number of nitrogens with one attached hydrogen (secondary N) is 1. The number of sulfonamides is 1. The van der Waals surface area contributed by atoms with Gasteiger partial charge in [-0.3, -0.25) is 14.4 Å². The lowest BCUT2D eigenvalue weighted by Crippen LogP contribution is -2.61. The Kier molecular flexibility index (Phi) is 9.68. The molecule has 1 aromatic heterocycles. The third-order valence-electron chi connectivity index (χ3n) is 7.09. The zero-order valence-corrected chi connectivity index (χ0v) is 24.5. The van der Waals surface area contributed by atoms with Crippen molar-refractivity contribution in [1.82, 2.24) is 34.7 Å². The summed E-state index contributed by atoms with van der Waals surface area (Å²) in [6.45, 7) is 2.78. The molecule has 2 N–H and O–H groups in total. The number of carboxylic acid groups (broad SMARTS) is 1. The van der Waals surface area contributed by atoms with Gasteiger partial charge in [-0.1, -0.05) is 38.1 Å². The largest absolute Gasteiger partial charge is 0.481 e. The van der Waals surface area contributed by atoms with E-state index in [-0.39, 0.29) is 32.0 Å². The van der Waals surface area contributed by atoms with Crippen LogP contribution in [-0.4, -0.2) is 86.4 Å². The number of carbonyl (C=O) groups excluding carboxylic acids is 2. The van der Waals surface area contributed by atoms with Crippen LogP contribution in [0.4, 0.5) is 13.2 Å². The van der Waals surface area contributed by atoms with Crippen molar-refractivity contribution < 1.29 is 41.1 Å². The quantitative estimate of drug-likeness (QED) is 0.336. The zero-order chi connectivity index (χ0) is 32.2. The second-order valence-corrected chi connectivity index (χ2v) is 12.3. The highest BCUT2D eigenvalue weighted by Crippen LogP contribution is 2.31. The van der Waals surface area contributed by atoms with E-state index < -0.39 is 63.4 Å². The van der Waals surface area contributed by atoms with E-state index in [0.29, 0.717) is 18.1 Å². The summed E-state index contributed by atoms with van der Waals surface area (Å²) in [6.07, 6.45) is -5.21. The van der Waals surface area contributed by atoms with Crippen LogP contribution in [0.1, 0.15) is 42.3 Å². The molecule has 0 bridgehead atoms. The van der Waals surface area contributed by atoms with E-state index in [4.69, 9.17) is 5.11 Å². The van der Waals surface area contributed by atoms with Gasteiger partial charge in [0.1, 0.15) is 19.0 Å². The van der Waals surface area contributed by atoms with Crippen molar-refractivity contribution in [3.8, 4) is 0 Å². The molecule has 2 aromatic carbocycles. The highest BCUT2D eigenvalue weighted by atomic mass is 32.2. The lowest BCUT2D eigenvalue weighted by Gasteiger charge is -2.39. The number of aromatic nitrogens is 4. The summed E-state index contributed by atoms with van der Waals surface area (Å²) in [7, 11) is -4.47. The maximum Gasteiger partial charge on any atom is 0.416 e. The minimum absolute atomic E-state index is 0.0546. The second-order valence-electron chi connectivity index (χ2n) is 10.4. The average Bonchev–Trinajstić information content (AvgIpc) is 3.40. The van der Waals surface area contributed by atoms with Gasteiger partial charge in [-0.15, -0.1) is 5.10 Å². The lowest BCUT2D eigenvalue weighted by molar-refractivity contribution is -0.138. The summed E-state index contributed by atoms with van der Waals surface area (Å²) in [5.41, 5.74) is 0.798. The third-order valence-corrected chi connectivity index (χ3v) is 9.01. The van der Waals surface area contributed by atoms with E-state index in [1.165, 1.54) is 4.90 Å². The van der Waals surface area contributed by atoms with E-state index >= 15 is 0 Å². The molecule has 1 unspecified atom stereocenters. The number of carbonyl (C=O) groups is 3. The second kappa shape index (κ2) is 13.1. The van der Waals surface area contributed by atoms with Gasteiger partial charge in [0, 0.05) is 26.2 Å². The Morgan fingerprint density at radius 1 is 1.05 bits per heavy atom. The average molecular weight is 638 g/mol. The van der Waals surface area contributed by atoms with Crippen LogP contribution in [-0.2, 0) is 50.1 Å². The number of benzene rings is 2. The molecule has 4 rings (SSSR count). The summed E-state index contributed by atoms with van der Waals surface area (Å²) in [6, 6.07) is 8.96. The number of carboxylic acids is 1. The summed E-state index contributed by atoms with van der Waals surface area (Å²) < 4.78 is 68.3. The maximum atomic E-state index is 13.6. The van der Waals surface area contributed by atoms with Gasteiger partial charge < -0.3 is 15.3 Å². The molecule has 236 valence electrons. The number of nitrogens with zero attached hydrogens (tertiary/aromatic N) is 6. The Balaban J connectivity index is 1.57. The number of hydrogen-bond acceptors (Lipinski definition) is 8. The monoisotopic (exact) mass is 637 g/mol. The van der Waals surface area contributed by atoms with Crippen LogP contribution in [0.25, 0.3) is 0 Å². The van der Waals surface area contributed by atoms with Crippen LogP contribution < -0.4 is 5.32 Å². The van der Waals surface area contributed by atoms with Crippen LogP contribution in [0.15, 0.2) is 53.4 Å². The van der Waals surface area contributed by atoms with E-state index in [1.54, 1.807) is 0 Å². The Bertz CT molecular complexity index is 1610. The fourth-order valence-corrected chi connectivity index (χ4v) is 6.18. The molecule has 0 radical (unpaired) electrons. The Morgan fingerprint density at radius 2 is 1.70 bits per heavy atom. The Morgan fingerprint density at radius 3 is 2.30 bits per heavy atom. The van der Waals surface area contributed by atoms with Gasteiger partial charge in [0.2, 0.25) is 21.8 Å². The van der Waals surface area contributed by atoms with Crippen molar-refractivity contribution >= 4 is 27.8 Å². The fraction of sp³-hybridized carbons (Fsp3) is 0.407. The molecule has 0 saturated carbocycles. The van der Waals surface area contributed by atoms with Gasteiger partial charge >= 0.3 is 12.1 Å². The van der Waals surface area contributed by atoms with Crippen molar-refractivity contribution in [1.29, 1.82) is 0 Å². The van der Waals surface area contributed by atoms with Gasteiger partial charge in [-0.2, -0.15) is 17.5 Å². The van der Waals surface area contributed by atoms with E-state index in [9.17, 15) is 36.0 Å². The smallest absolute Gasteiger partial charge is 0.416 e. The summed E-state index contributed by atoms with van der Waals surface area (Å²) in [5.74, 6) is -2.32. The van der Waals surface area contributed by atoms with Gasteiger partial charge in [0.25, 0.3) is 0 Å². The van der Waals surface area contributed by atoms with Gasteiger partial charge in [0.05, 0.1) is 10.5 Å². The number of tetrazole rings is 1. The number of amides is 2. The number of alkyl halides is 3. The van der Waals surface area contributed by atoms with E-state index in [1.807, 2.05) is 38.1 Å². The highest BCUT2D eigenvalue weighted by Gasteiger charge is 2.42. The number of piperazine rings is 1. The first-order valence-electron chi connectivity index (χ1n) is 13.5. The topological polar surface area (TPSA) is 168 Å². The molecule has 17 heteroatoms. The van der Waals surface area contributed by atoms with Crippen LogP contribution in [0.5, 0.6) is 0 Å². The number of aliphatic carboxylic acids is 1. The molecule has 1 aliphatic heterocycles. The highest BCUT2D eigenvalue weighted by molar-refractivity contribution is 7.89. The first-order valence-corrected chi connectivity index (χ1v) is 14.9. The molecule has 0 aliphatic carbocycles. The SMILES string of the molecule is CC(C)c1ccc(CNC(=O)C2CN(C(=O)Cn3nnnc3CC(=O)O)CCN2S(=O)(=O)c2ccc(C(F)(F)F)cc2)cc1. The number of hydrogen-bond donors (Lipinski definition) is 2. The predicted octanol–water partition coefficient (Wildman–Crippen LogP) is 1.66. The molecule has 3 aromatic rings. The summed E-state index contributed by atoms with van der Waals surface area (Å²) in [4.78, 5) is 38.5. The lowest BCUT2D eigenvalue weighted by atomic mass is 10.0. The minimum Gasteiger partial charge on any atom is -0.481 e. The normalized spacial score (nSPS) is 16.2. The van der Waals surface area contributed by atoms with Crippen molar-refractivity contribution in [3.63, 3.8) is 0 Å². The van der Waals surface area contributed by atoms with Crippen LogP contribution in [0.2, 0.25) is 0 Å². The van der Waals surface area contributed by atoms with Crippen molar-refractivity contribution in [2.24, 2.45) is 0 Å². The first-order chi connectivity index (χ1) is 20.7. The van der Waals surface area contributed by atoms with Gasteiger partial charge in [-0.05, 0) is 51.7 Å². The summed E-state index contributed by atoms with van der Waals surface area (Å²) >= 11 is 0. The summed E-state index contributed by atoms with van der Waals surface area (Å²) in [5, 5.41) is 22.4. The molecule has 13 nitrogen and oxygen atoms in total. The minimum atomic E-state index is -4.67. The van der Waals surface area contributed by atoms with Crippen LogP contribution >= 0.6 is 0 Å². The molecular formula is C27H30F3N7O6S. The van der Waals surface area contributed by atoms with Crippen molar-refractivity contribution in [2.75, 3.05) is 19.6 Å². The molecule has 0 spiro atoms. The van der Waals surface area contributed by atoms with Gasteiger partial charge in [-0.25, -0.2) is 13.1 Å².